The number of rotatable bonds is 7. The quantitative estimate of drug-likeness (QED) is 0.562. The minimum absolute atomic E-state index is 0.0165. The molecule has 1 aromatic carbocycles. The number of likely N-dealkylation sites (tertiary alicyclic amines) is 1. The Hall–Kier alpha value is -2.18. The first-order valence-electron chi connectivity index (χ1n) is 11.2. The van der Waals surface area contributed by atoms with E-state index in [2.05, 4.69) is 17.1 Å². The fourth-order valence-electron chi connectivity index (χ4n) is 4.72. The molecule has 4 rings (SSSR count). The first kappa shape index (κ1) is 21.1. The molecule has 160 valence electrons. The van der Waals surface area contributed by atoms with Crippen LogP contribution in [0.25, 0.3) is 21.0 Å². The Labute approximate surface area is 181 Å². The van der Waals surface area contributed by atoms with Crippen molar-refractivity contribution in [3.63, 3.8) is 0 Å². The van der Waals surface area contributed by atoms with Crippen LogP contribution in [0.2, 0.25) is 0 Å². The van der Waals surface area contributed by atoms with Gasteiger partial charge in [0.1, 0.15) is 0 Å². The van der Waals surface area contributed by atoms with Crippen molar-refractivity contribution in [3.8, 4) is 0 Å². The van der Waals surface area contributed by atoms with E-state index in [1.54, 1.807) is 10.6 Å². The summed E-state index contributed by atoms with van der Waals surface area (Å²) in [7, 11) is 0. The molecular formula is C24H31N3O2S. The molecule has 0 bridgehead atoms. The lowest BCUT2D eigenvalue weighted by molar-refractivity contribution is 0.0951. The fraction of sp³-hybridized carbons (Fsp3) is 0.500. The van der Waals surface area contributed by atoms with Crippen molar-refractivity contribution < 1.29 is 4.79 Å². The van der Waals surface area contributed by atoms with Gasteiger partial charge in [0, 0.05) is 35.8 Å². The SMILES string of the molecule is CC[C@H]1CCCCN1CCCNC(=O)c1cc2c(=O)n(CC)c3ccccc3c2s1. The van der Waals surface area contributed by atoms with Crippen molar-refractivity contribution in [3.05, 3.63) is 45.6 Å². The van der Waals surface area contributed by atoms with E-state index in [-0.39, 0.29) is 11.5 Å². The molecule has 0 aliphatic carbocycles. The van der Waals surface area contributed by atoms with E-state index in [1.165, 1.54) is 43.6 Å². The fourth-order valence-corrected chi connectivity index (χ4v) is 5.82. The number of fused-ring (bicyclic) bond motifs is 3. The standard InChI is InChI=1S/C24H31N3O2S/c1-3-17-10-7-8-14-26(17)15-9-13-25-23(28)21-16-19-22(30-21)18-11-5-6-12-20(18)27(4-2)24(19)29/h5-6,11-12,16-17H,3-4,7-10,13-15H2,1-2H3,(H,25,28)/t17-/m0/s1. The first-order valence-corrected chi connectivity index (χ1v) is 12.0. The van der Waals surface area contributed by atoms with Crippen LogP contribution in [0.15, 0.2) is 35.1 Å². The van der Waals surface area contributed by atoms with E-state index >= 15 is 0 Å². The van der Waals surface area contributed by atoms with Gasteiger partial charge in [0.15, 0.2) is 0 Å². The zero-order valence-corrected chi connectivity index (χ0v) is 18.8. The summed E-state index contributed by atoms with van der Waals surface area (Å²) in [6.45, 7) is 7.74. The molecule has 30 heavy (non-hydrogen) atoms. The molecule has 5 nitrogen and oxygen atoms in total. The normalized spacial score (nSPS) is 17.6. The molecule has 2 aromatic heterocycles. The Morgan fingerprint density at radius 1 is 1.20 bits per heavy atom. The molecule has 1 atom stereocenters. The van der Waals surface area contributed by atoms with Crippen LogP contribution in [-0.4, -0.2) is 41.1 Å². The number of nitrogens with one attached hydrogen (secondary N) is 1. The molecule has 6 heteroatoms. The molecule has 1 amide bonds. The predicted octanol–water partition coefficient (Wildman–Crippen LogP) is 4.62. The lowest BCUT2D eigenvalue weighted by Gasteiger charge is -2.35. The van der Waals surface area contributed by atoms with Crippen molar-refractivity contribution in [1.29, 1.82) is 0 Å². The lowest BCUT2D eigenvalue weighted by atomic mass is 10.00. The number of carbonyl (C=O) groups is 1. The van der Waals surface area contributed by atoms with Gasteiger partial charge in [0.05, 0.1) is 15.8 Å². The second kappa shape index (κ2) is 9.31. The van der Waals surface area contributed by atoms with E-state index in [0.29, 0.717) is 29.4 Å². The Bertz CT molecular complexity index is 1100. The zero-order chi connectivity index (χ0) is 21.1. The van der Waals surface area contributed by atoms with Gasteiger partial charge >= 0.3 is 0 Å². The molecule has 0 spiro atoms. The van der Waals surface area contributed by atoms with Gasteiger partial charge in [-0.15, -0.1) is 11.3 Å². The Morgan fingerprint density at radius 3 is 2.83 bits per heavy atom. The molecule has 3 aromatic rings. The number of aromatic nitrogens is 1. The van der Waals surface area contributed by atoms with Crippen LogP contribution in [0.4, 0.5) is 0 Å². The molecule has 1 N–H and O–H groups in total. The van der Waals surface area contributed by atoms with E-state index in [9.17, 15) is 9.59 Å². The second-order valence-electron chi connectivity index (χ2n) is 8.12. The smallest absolute Gasteiger partial charge is 0.261 e. The minimum atomic E-state index is -0.0755. The van der Waals surface area contributed by atoms with Gasteiger partial charge in [-0.3, -0.25) is 9.59 Å². The number of carbonyl (C=O) groups excluding carboxylic acids is 1. The summed E-state index contributed by atoms with van der Waals surface area (Å²) in [5, 5.41) is 4.74. The molecule has 3 heterocycles. The highest BCUT2D eigenvalue weighted by atomic mass is 32.1. The molecule has 0 radical (unpaired) electrons. The second-order valence-corrected chi connectivity index (χ2v) is 9.18. The van der Waals surface area contributed by atoms with E-state index in [1.807, 2.05) is 31.2 Å². The number of amides is 1. The monoisotopic (exact) mass is 425 g/mol. The highest BCUT2D eigenvalue weighted by Crippen LogP contribution is 2.30. The number of nitrogens with zero attached hydrogens (tertiary/aromatic N) is 2. The molecule has 0 unspecified atom stereocenters. The predicted molar refractivity (Wildman–Crippen MR) is 126 cm³/mol. The van der Waals surface area contributed by atoms with Gasteiger partial charge in [-0.25, -0.2) is 0 Å². The molecule has 1 saturated heterocycles. The summed E-state index contributed by atoms with van der Waals surface area (Å²) in [5.41, 5.74) is 0.913. The van der Waals surface area contributed by atoms with Crippen molar-refractivity contribution >= 4 is 38.2 Å². The van der Waals surface area contributed by atoms with Gasteiger partial charge in [-0.2, -0.15) is 0 Å². The summed E-state index contributed by atoms with van der Waals surface area (Å²) in [6.07, 6.45) is 6.09. The maximum Gasteiger partial charge on any atom is 0.261 e. The number of aryl methyl sites for hydroxylation is 1. The summed E-state index contributed by atoms with van der Waals surface area (Å²) in [4.78, 5) is 28.9. The number of benzene rings is 1. The van der Waals surface area contributed by atoms with Crippen molar-refractivity contribution in [2.75, 3.05) is 19.6 Å². The third-order valence-corrected chi connectivity index (χ3v) is 7.48. The molecular weight excluding hydrogens is 394 g/mol. The van der Waals surface area contributed by atoms with Gasteiger partial charge in [-0.05, 0) is 51.3 Å². The van der Waals surface area contributed by atoms with E-state index < -0.39 is 0 Å². The average Bonchev–Trinajstić information content (AvgIpc) is 3.23. The van der Waals surface area contributed by atoms with Crippen LogP contribution >= 0.6 is 11.3 Å². The summed E-state index contributed by atoms with van der Waals surface area (Å²) in [5.74, 6) is -0.0755. The molecule has 1 aliphatic heterocycles. The van der Waals surface area contributed by atoms with Crippen molar-refractivity contribution in [2.45, 2.75) is 58.5 Å². The number of hydrogen-bond donors (Lipinski definition) is 1. The maximum atomic E-state index is 12.9. The topological polar surface area (TPSA) is 54.3 Å². The number of piperidine rings is 1. The zero-order valence-electron chi connectivity index (χ0n) is 17.9. The summed E-state index contributed by atoms with van der Waals surface area (Å²) >= 11 is 1.42. The van der Waals surface area contributed by atoms with Crippen LogP contribution in [0.1, 0.15) is 55.6 Å². The van der Waals surface area contributed by atoms with Gasteiger partial charge < -0.3 is 14.8 Å². The summed E-state index contributed by atoms with van der Waals surface area (Å²) in [6, 6.07) is 10.4. The van der Waals surface area contributed by atoms with Crippen LogP contribution in [0.5, 0.6) is 0 Å². The van der Waals surface area contributed by atoms with E-state index in [4.69, 9.17) is 0 Å². The van der Waals surface area contributed by atoms with Gasteiger partial charge in [0.25, 0.3) is 11.5 Å². The minimum Gasteiger partial charge on any atom is -0.351 e. The number of para-hydroxylation sites is 1. The lowest BCUT2D eigenvalue weighted by Crippen LogP contribution is -2.40. The largest absolute Gasteiger partial charge is 0.351 e. The molecule has 1 aliphatic rings. The van der Waals surface area contributed by atoms with Crippen LogP contribution in [0.3, 0.4) is 0 Å². The van der Waals surface area contributed by atoms with Crippen LogP contribution in [0, 0.1) is 0 Å². The number of thiophene rings is 1. The highest BCUT2D eigenvalue weighted by molar-refractivity contribution is 7.21. The Balaban J connectivity index is 1.47. The highest BCUT2D eigenvalue weighted by Gasteiger charge is 2.20. The Kier molecular flexibility index (Phi) is 6.54. The molecule has 0 saturated carbocycles. The Morgan fingerprint density at radius 2 is 2.03 bits per heavy atom. The molecule has 1 fully saturated rings. The third-order valence-electron chi connectivity index (χ3n) is 6.32. The van der Waals surface area contributed by atoms with Crippen LogP contribution in [-0.2, 0) is 6.54 Å². The third kappa shape index (κ3) is 4.03. The number of pyridine rings is 1. The van der Waals surface area contributed by atoms with Gasteiger partial charge in [-0.1, -0.05) is 31.5 Å². The maximum absolute atomic E-state index is 12.9. The first-order chi connectivity index (χ1) is 14.6. The number of hydrogen-bond acceptors (Lipinski definition) is 4. The van der Waals surface area contributed by atoms with Gasteiger partial charge in [0.2, 0.25) is 0 Å². The average molecular weight is 426 g/mol. The van der Waals surface area contributed by atoms with Crippen LogP contribution < -0.4 is 10.9 Å². The van der Waals surface area contributed by atoms with Crippen molar-refractivity contribution in [2.24, 2.45) is 0 Å². The van der Waals surface area contributed by atoms with E-state index in [0.717, 1.165) is 28.6 Å². The summed E-state index contributed by atoms with van der Waals surface area (Å²) < 4.78 is 2.69. The van der Waals surface area contributed by atoms with Crippen molar-refractivity contribution in [1.82, 2.24) is 14.8 Å².